The highest BCUT2D eigenvalue weighted by Crippen LogP contribution is 2.30. The minimum Gasteiger partial charge on any atom is -0.369 e. The third-order valence-corrected chi connectivity index (χ3v) is 6.12. The Hall–Kier alpha value is -2.54. The monoisotopic (exact) mass is 428 g/mol. The van der Waals surface area contributed by atoms with Crippen LogP contribution in [0.4, 0.5) is 5.69 Å². The van der Waals surface area contributed by atoms with E-state index in [1.54, 1.807) is 23.5 Å². The van der Waals surface area contributed by atoms with Gasteiger partial charge < -0.3 is 11.1 Å². The van der Waals surface area contributed by atoms with Crippen LogP contribution in [0.1, 0.15) is 4.88 Å². The van der Waals surface area contributed by atoms with E-state index < -0.39 is 5.91 Å². The Kier molecular flexibility index (Phi) is 6.92. The molecule has 142 valence electrons. The number of carbonyl (C=O) groups excluding carboxylic acids is 2. The summed E-state index contributed by atoms with van der Waals surface area (Å²) < 4.78 is 0. The lowest BCUT2D eigenvalue weighted by atomic mass is 10.2. The Balaban J connectivity index is 1.65. The Morgan fingerprint density at radius 3 is 2.57 bits per heavy atom. The molecule has 2 aromatic carbocycles. The molecule has 0 radical (unpaired) electrons. The van der Waals surface area contributed by atoms with Crippen molar-refractivity contribution in [3.8, 4) is 10.4 Å². The minimum atomic E-state index is -0.403. The van der Waals surface area contributed by atoms with Gasteiger partial charge in [-0.05, 0) is 48.0 Å². The van der Waals surface area contributed by atoms with Crippen molar-refractivity contribution in [2.75, 3.05) is 11.1 Å². The largest absolute Gasteiger partial charge is 0.369 e. The van der Waals surface area contributed by atoms with E-state index in [1.165, 1.54) is 17.8 Å². The van der Waals surface area contributed by atoms with Gasteiger partial charge in [0.15, 0.2) is 0 Å². The van der Waals surface area contributed by atoms with Crippen LogP contribution >= 0.6 is 34.7 Å². The van der Waals surface area contributed by atoms with Gasteiger partial charge in [0.25, 0.3) is 0 Å². The highest BCUT2D eigenvalue weighted by molar-refractivity contribution is 8.00. The maximum absolute atomic E-state index is 12.3. The number of anilines is 1. The van der Waals surface area contributed by atoms with E-state index in [4.69, 9.17) is 17.3 Å². The average Bonchev–Trinajstić information content (AvgIpc) is 3.15. The molecule has 3 N–H and O–H groups in total. The third kappa shape index (κ3) is 5.73. The van der Waals surface area contributed by atoms with Crippen molar-refractivity contribution >= 4 is 58.3 Å². The van der Waals surface area contributed by atoms with Gasteiger partial charge in [-0.25, -0.2) is 0 Å². The molecule has 4 nitrogen and oxygen atoms in total. The van der Waals surface area contributed by atoms with Crippen molar-refractivity contribution in [3.63, 3.8) is 0 Å². The van der Waals surface area contributed by atoms with E-state index in [9.17, 15) is 9.59 Å². The molecule has 0 aliphatic rings. The first-order chi connectivity index (χ1) is 13.5. The third-order valence-electron chi connectivity index (χ3n) is 3.67. The maximum Gasteiger partial charge on any atom is 0.248 e. The van der Waals surface area contributed by atoms with Crippen LogP contribution in [0.5, 0.6) is 0 Å². The number of halogens is 1. The molecule has 0 bridgehead atoms. The van der Waals surface area contributed by atoms with Gasteiger partial charge in [-0.1, -0.05) is 35.9 Å². The summed E-state index contributed by atoms with van der Waals surface area (Å²) in [6.45, 7) is 0. The van der Waals surface area contributed by atoms with Crippen LogP contribution in [-0.4, -0.2) is 17.6 Å². The highest BCUT2D eigenvalue weighted by atomic mass is 35.5. The first-order valence-corrected chi connectivity index (χ1v) is 10.5. The van der Waals surface area contributed by atoms with Gasteiger partial charge in [-0.3, -0.25) is 9.59 Å². The molecule has 0 spiro atoms. The summed E-state index contributed by atoms with van der Waals surface area (Å²) in [4.78, 5) is 26.1. The second-order valence-electron chi connectivity index (χ2n) is 5.78. The molecule has 28 heavy (non-hydrogen) atoms. The maximum atomic E-state index is 12.3. The lowest BCUT2D eigenvalue weighted by Gasteiger charge is -2.08. The van der Waals surface area contributed by atoms with Crippen molar-refractivity contribution < 1.29 is 9.59 Å². The quantitative estimate of drug-likeness (QED) is 0.396. The van der Waals surface area contributed by atoms with Crippen LogP contribution in [0.3, 0.4) is 0 Å². The van der Waals surface area contributed by atoms with Crippen LogP contribution in [0.15, 0.2) is 71.6 Å². The zero-order chi connectivity index (χ0) is 19.9. The number of rotatable bonds is 7. The first kappa shape index (κ1) is 20.2. The summed E-state index contributed by atoms with van der Waals surface area (Å²) in [5, 5.41) is 3.54. The molecule has 0 saturated heterocycles. The van der Waals surface area contributed by atoms with Gasteiger partial charge in [-0.2, -0.15) is 0 Å². The number of carbonyl (C=O) groups is 2. The second kappa shape index (κ2) is 9.59. The summed E-state index contributed by atoms with van der Waals surface area (Å²) in [5.41, 5.74) is 6.92. The summed E-state index contributed by atoms with van der Waals surface area (Å²) in [6.07, 6.45) is 3.27. The molecule has 0 unspecified atom stereocenters. The number of thioether (sulfide) groups is 1. The summed E-state index contributed by atoms with van der Waals surface area (Å²) in [7, 11) is 0. The number of hydrogen-bond donors (Lipinski definition) is 2. The van der Waals surface area contributed by atoms with Crippen molar-refractivity contribution in [1.82, 2.24) is 0 Å². The molecule has 7 heteroatoms. The van der Waals surface area contributed by atoms with E-state index in [0.29, 0.717) is 10.7 Å². The van der Waals surface area contributed by atoms with Crippen LogP contribution in [-0.2, 0) is 9.59 Å². The molecule has 1 heterocycles. The predicted molar refractivity (Wildman–Crippen MR) is 119 cm³/mol. The van der Waals surface area contributed by atoms with E-state index >= 15 is 0 Å². The number of para-hydroxylation sites is 1. The molecule has 0 aliphatic heterocycles. The Labute approximate surface area is 176 Å². The van der Waals surface area contributed by atoms with Gasteiger partial charge in [0.2, 0.25) is 11.8 Å². The van der Waals surface area contributed by atoms with Crippen molar-refractivity contribution in [2.45, 2.75) is 4.90 Å². The van der Waals surface area contributed by atoms with E-state index in [0.717, 1.165) is 20.2 Å². The molecule has 0 aliphatic carbocycles. The Bertz CT molecular complexity index is 1010. The standard InChI is InChI=1S/C21H17ClN2O2S2/c22-15-7-5-14(6-8-15)18-11-9-16(28-18)10-12-21(26)24-17-3-1-2-4-19(17)27-13-20(23)25/h1-12H,13H2,(H2,23,25)(H,24,26)/b12-10+. The molecular formula is C21H17ClN2O2S2. The number of primary amides is 1. The first-order valence-electron chi connectivity index (χ1n) is 8.36. The number of thiophene rings is 1. The highest BCUT2D eigenvalue weighted by Gasteiger charge is 2.07. The number of amides is 2. The minimum absolute atomic E-state index is 0.158. The van der Waals surface area contributed by atoms with Gasteiger partial charge in [0.05, 0.1) is 11.4 Å². The van der Waals surface area contributed by atoms with Gasteiger partial charge in [0.1, 0.15) is 0 Å². The van der Waals surface area contributed by atoms with Crippen molar-refractivity contribution in [3.05, 3.63) is 76.6 Å². The number of benzene rings is 2. The van der Waals surface area contributed by atoms with Gasteiger partial charge in [-0.15, -0.1) is 23.1 Å². The van der Waals surface area contributed by atoms with E-state index in [1.807, 2.05) is 54.6 Å². The van der Waals surface area contributed by atoms with E-state index in [2.05, 4.69) is 5.32 Å². The topological polar surface area (TPSA) is 72.2 Å². The van der Waals surface area contributed by atoms with Crippen molar-refractivity contribution in [1.29, 1.82) is 0 Å². The number of nitrogens with two attached hydrogens (primary N) is 1. The fourth-order valence-corrected chi connectivity index (χ4v) is 4.18. The fourth-order valence-electron chi connectivity index (χ4n) is 2.39. The molecule has 0 fully saturated rings. The molecule has 3 rings (SSSR count). The van der Waals surface area contributed by atoms with Crippen LogP contribution in [0.25, 0.3) is 16.5 Å². The second-order valence-corrected chi connectivity index (χ2v) is 8.35. The van der Waals surface area contributed by atoms with E-state index in [-0.39, 0.29) is 11.7 Å². The molecular weight excluding hydrogens is 412 g/mol. The Morgan fingerprint density at radius 1 is 1.07 bits per heavy atom. The van der Waals surface area contributed by atoms with Gasteiger partial charge >= 0.3 is 0 Å². The molecule has 0 saturated carbocycles. The fraction of sp³-hybridized carbons (Fsp3) is 0.0476. The zero-order valence-electron chi connectivity index (χ0n) is 14.7. The van der Waals surface area contributed by atoms with Crippen molar-refractivity contribution in [2.24, 2.45) is 5.73 Å². The Morgan fingerprint density at radius 2 is 1.82 bits per heavy atom. The predicted octanol–water partition coefficient (Wildman–Crippen LogP) is 5.30. The van der Waals surface area contributed by atoms with Crippen LogP contribution < -0.4 is 11.1 Å². The summed E-state index contributed by atoms with van der Waals surface area (Å²) in [5.74, 6) is -0.487. The zero-order valence-corrected chi connectivity index (χ0v) is 17.1. The van der Waals surface area contributed by atoms with Crippen LogP contribution in [0, 0.1) is 0 Å². The molecule has 3 aromatic rings. The smallest absolute Gasteiger partial charge is 0.248 e. The SMILES string of the molecule is NC(=O)CSc1ccccc1NC(=O)/C=C/c1ccc(-c2ccc(Cl)cc2)s1. The molecule has 1 aromatic heterocycles. The summed E-state index contributed by atoms with van der Waals surface area (Å²) >= 11 is 8.81. The summed E-state index contributed by atoms with van der Waals surface area (Å²) in [6, 6.07) is 18.9. The molecule has 0 atom stereocenters. The van der Waals surface area contributed by atoms with Gasteiger partial charge in [0, 0.05) is 25.7 Å². The van der Waals surface area contributed by atoms with Crippen LogP contribution in [0.2, 0.25) is 5.02 Å². The average molecular weight is 429 g/mol. The molecule has 2 amide bonds. The lowest BCUT2D eigenvalue weighted by Crippen LogP contribution is -2.13. The number of nitrogens with one attached hydrogen (secondary N) is 1. The number of hydrogen-bond acceptors (Lipinski definition) is 4. The lowest BCUT2D eigenvalue weighted by molar-refractivity contribution is -0.115. The normalized spacial score (nSPS) is 10.9.